The number of aromatic nitrogens is 2. The fourth-order valence-electron chi connectivity index (χ4n) is 3.44. The Labute approximate surface area is 150 Å². The van der Waals surface area contributed by atoms with Gasteiger partial charge in [0.05, 0.1) is 11.6 Å². The van der Waals surface area contributed by atoms with Crippen LogP contribution in [0.1, 0.15) is 38.8 Å². The molecule has 4 atom stereocenters. The smallest absolute Gasteiger partial charge is 0.330 e. The number of H-pyrrole nitrogens is 1. The molecule has 0 bridgehead atoms. The summed E-state index contributed by atoms with van der Waals surface area (Å²) < 4.78 is 23.2. The molecule has 0 unspecified atom stereocenters. The van der Waals surface area contributed by atoms with Gasteiger partial charge in [-0.25, -0.2) is 19.1 Å². The maximum absolute atomic E-state index is 12.1. The predicted molar refractivity (Wildman–Crippen MR) is 89.6 cm³/mol. The van der Waals surface area contributed by atoms with Crippen LogP contribution < -0.4 is 17.0 Å². The number of nitrogens with two attached hydrogens (primary N) is 1. The normalized spacial score (nSPS) is 32.5. The van der Waals surface area contributed by atoms with Crippen LogP contribution in [-0.2, 0) is 23.6 Å². The summed E-state index contributed by atoms with van der Waals surface area (Å²) in [6.45, 7) is 1.61. The topological polar surface area (TPSA) is 135 Å². The highest BCUT2D eigenvalue weighted by atomic mass is 31.1. The molecule has 1 aromatic heterocycles. The zero-order valence-corrected chi connectivity index (χ0v) is 15.2. The van der Waals surface area contributed by atoms with Crippen molar-refractivity contribution in [2.24, 2.45) is 5.73 Å². The number of hydrogen-bond acceptors (Lipinski definition) is 8. The first-order valence-electron chi connectivity index (χ1n) is 8.46. The van der Waals surface area contributed by atoms with Gasteiger partial charge in [-0.15, -0.1) is 0 Å². The van der Waals surface area contributed by atoms with E-state index in [1.165, 1.54) is 12.3 Å². The standard InChI is InChI=1S/C15H22N3O7P/c1-15(16)12(25-26-21)10(8-22-24-9-4-2-3-5-9)23-13(15)18-7-6-11(19)17-14(18)20/h6-7,9-10,12-13H,2-5,8,16H2,1H3,(H,17,19,20)/t10-,12-,13-,15-/m1/s1. The minimum atomic E-state index is -1.21. The second kappa shape index (κ2) is 8.08. The summed E-state index contributed by atoms with van der Waals surface area (Å²) in [6.07, 6.45) is 2.95. The summed E-state index contributed by atoms with van der Waals surface area (Å²) in [7, 11) is -0.569. The third-order valence-electron chi connectivity index (χ3n) is 4.79. The van der Waals surface area contributed by atoms with Gasteiger partial charge in [0.15, 0.2) is 6.23 Å². The molecule has 1 saturated heterocycles. The van der Waals surface area contributed by atoms with E-state index < -0.39 is 43.9 Å². The lowest BCUT2D eigenvalue weighted by atomic mass is 9.93. The first kappa shape index (κ1) is 19.3. The summed E-state index contributed by atoms with van der Waals surface area (Å²) >= 11 is 0. The van der Waals surface area contributed by atoms with Crippen molar-refractivity contribution in [2.45, 2.75) is 62.7 Å². The molecule has 10 nitrogen and oxygen atoms in total. The molecule has 0 amide bonds. The minimum Gasteiger partial charge on any atom is -0.347 e. The molecule has 2 heterocycles. The molecule has 1 aliphatic heterocycles. The van der Waals surface area contributed by atoms with Crippen LogP contribution in [0.25, 0.3) is 0 Å². The summed E-state index contributed by atoms with van der Waals surface area (Å²) in [6, 6.07) is 1.19. The number of nitrogens with one attached hydrogen (secondary N) is 1. The fourth-order valence-corrected chi connectivity index (χ4v) is 3.90. The van der Waals surface area contributed by atoms with Crippen LogP contribution >= 0.6 is 8.69 Å². The molecule has 11 heteroatoms. The third kappa shape index (κ3) is 3.95. The maximum atomic E-state index is 12.1. The third-order valence-corrected chi connectivity index (χ3v) is 5.10. The van der Waals surface area contributed by atoms with Crippen molar-refractivity contribution < 1.29 is 23.6 Å². The van der Waals surface area contributed by atoms with E-state index in [1.807, 2.05) is 0 Å². The highest BCUT2D eigenvalue weighted by Gasteiger charge is 2.54. The molecule has 2 aliphatic rings. The van der Waals surface area contributed by atoms with Crippen molar-refractivity contribution in [3.63, 3.8) is 0 Å². The van der Waals surface area contributed by atoms with E-state index >= 15 is 0 Å². The number of hydrogen-bond donors (Lipinski definition) is 2. The van der Waals surface area contributed by atoms with E-state index in [0.29, 0.717) is 0 Å². The van der Waals surface area contributed by atoms with E-state index in [2.05, 4.69) is 4.98 Å². The molecule has 3 rings (SSSR count). The van der Waals surface area contributed by atoms with Gasteiger partial charge < -0.3 is 10.5 Å². The molecule has 0 aromatic carbocycles. The summed E-state index contributed by atoms with van der Waals surface area (Å²) in [5.41, 5.74) is 3.93. The molecule has 1 saturated carbocycles. The number of aromatic amines is 1. The zero-order chi connectivity index (χ0) is 18.7. The largest absolute Gasteiger partial charge is 0.347 e. The van der Waals surface area contributed by atoms with Gasteiger partial charge in [-0.05, 0) is 19.8 Å². The SMILES string of the molecule is C[C@@]1(N)[C@H](OP=O)[C@@H](COOC2CCCC2)O[C@H]1n1ccc(=O)[nH]c1=O. The Hall–Kier alpha value is -1.42. The van der Waals surface area contributed by atoms with Crippen molar-refractivity contribution in [3.8, 4) is 0 Å². The van der Waals surface area contributed by atoms with E-state index in [1.54, 1.807) is 6.92 Å². The Morgan fingerprint density at radius 1 is 1.42 bits per heavy atom. The average Bonchev–Trinajstić information content (AvgIpc) is 3.17. The molecule has 0 radical (unpaired) electrons. The monoisotopic (exact) mass is 387 g/mol. The van der Waals surface area contributed by atoms with Crippen molar-refractivity contribution in [3.05, 3.63) is 33.1 Å². The fraction of sp³-hybridized carbons (Fsp3) is 0.733. The summed E-state index contributed by atoms with van der Waals surface area (Å²) in [5.74, 6) is 0. The number of ether oxygens (including phenoxy) is 1. The average molecular weight is 387 g/mol. The van der Waals surface area contributed by atoms with Crippen molar-refractivity contribution >= 4 is 8.69 Å². The highest BCUT2D eigenvalue weighted by Crippen LogP contribution is 2.39. The first-order chi connectivity index (χ1) is 12.4. The van der Waals surface area contributed by atoms with Crippen molar-refractivity contribution in [2.75, 3.05) is 6.61 Å². The Bertz CT molecular complexity index is 743. The van der Waals surface area contributed by atoms with Gasteiger partial charge in [-0.3, -0.25) is 18.9 Å². The lowest BCUT2D eigenvalue weighted by molar-refractivity contribution is -0.334. The number of rotatable bonds is 7. The van der Waals surface area contributed by atoms with Gasteiger partial charge in [-0.1, -0.05) is 12.8 Å². The van der Waals surface area contributed by atoms with E-state index in [4.69, 9.17) is 24.8 Å². The Morgan fingerprint density at radius 2 is 2.15 bits per heavy atom. The quantitative estimate of drug-likeness (QED) is 0.395. The van der Waals surface area contributed by atoms with E-state index in [0.717, 1.165) is 30.3 Å². The first-order valence-corrected chi connectivity index (χ1v) is 9.19. The zero-order valence-electron chi connectivity index (χ0n) is 14.3. The maximum Gasteiger partial charge on any atom is 0.330 e. The van der Waals surface area contributed by atoms with E-state index in [-0.39, 0.29) is 12.7 Å². The lowest BCUT2D eigenvalue weighted by Gasteiger charge is -2.29. The van der Waals surface area contributed by atoms with Crippen LogP contribution in [-0.4, -0.2) is 40.0 Å². The Kier molecular flexibility index (Phi) is 6.01. The van der Waals surface area contributed by atoms with Gasteiger partial charge in [0.25, 0.3) is 5.56 Å². The highest BCUT2D eigenvalue weighted by molar-refractivity contribution is 7.17. The second-order valence-electron chi connectivity index (χ2n) is 6.80. The molecule has 3 N–H and O–H groups in total. The molecule has 144 valence electrons. The Balaban J connectivity index is 1.75. The molecular weight excluding hydrogens is 365 g/mol. The molecule has 1 aliphatic carbocycles. The van der Waals surface area contributed by atoms with Crippen LogP contribution in [0.5, 0.6) is 0 Å². The van der Waals surface area contributed by atoms with Gasteiger partial charge in [0.1, 0.15) is 18.8 Å². The van der Waals surface area contributed by atoms with Gasteiger partial charge >= 0.3 is 14.4 Å². The summed E-state index contributed by atoms with van der Waals surface area (Å²) in [5, 5.41) is 0. The van der Waals surface area contributed by atoms with Crippen LogP contribution in [0.4, 0.5) is 0 Å². The predicted octanol–water partition coefficient (Wildman–Crippen LogP) is 0.634. The van der Waals surface area contributed by atoms with Crippen LogP contribution in [0, 0.1) is 0 Å². The molecule has 2 fully saturated rings. The second-order valence-corrected chi connectivity index (χ2v) is 7.16. The molecule has 1 aromatic rings. The van der Waals surface area contributed by atoms with Crippen LogP contribution in [0.3, 0.4) is 0 Å². The van der Waals surface area contributed by atoms with Crippen molar-refractivity contribution in [1.29, 1.82) is 0 Å². The molecule has 0 spiro atoms. The van der Waals surface area contributed by atoms with Crippen LogP contribution in [0.15, 0.2) is 21.9 Å². The summed E-state index contributed by atoms with van der Waals surface area (Å²) in [4.78, 5) is 36.2. The van der Waals surface area contributed by atoms with E-state index in [9.17, 15) is 14.2 Å². The van der Waals surface area contributed by atoms with Gasteiger partial charge in [0, 0.05) is 12.3 Å². The van der Waals surface area contributed by atoms with Crippen molar-refractivity contribution in [1.82, 2.24) is 9.55 Å². The minimum absolute atomic E-state index is 0.00190. The Morgan fingerprint density at radius 3 is 2.81 bits per heavy atom. The number of nitrogens with zero attached hydrogens (tertiary/aromatic N) is 1. The molecule has 26 heavy (non-hydrogen) atoms. The van der Waals surface area contributed by atoms with Gasteiger partial charge in [-0.2, -0.15) is 0 Å². The van der Waals surface area contributed by atoms with Gasteiger partial charge in [0.2, 0.25) is 0 Å². The molecular formula is C15H22N3O7P. The lowest BCUT2D eigenvalue weighted by Crippen LogP contribution is -2.54. The van der Waals surface area contributed by atoms with Crippen LogP contribution in [0.2, 0.25) is 0 Å².